The summed E-state index contributed by atoms with van der Waals surface area (Å²) in [7, 11) is 1.29. The molecule has 3 rings (SSSR count). The van der Waals surface area contributed by atoms with Crippen molar-refractivity contribution in [1.82, 2.24) is 4.90 Å². The topological polar surface area (TPSA) is 106 Å². The molecule has 0 unspecified atom stereocenters. The number of carboxylic acid groups (broad SMARTS) is 1. The van der Waals surface area contributed by atoms with E-state index in [4.69, 9.17) is 13.9 Å². The Balaban J connectivity index is 2.18. The second kappa shape index (κ2) is 7.91. The quantitative estimate of drug-likeness (QED) is 0.731. The summed E-state index contributed by atoms with van der Waals surface area (Å²) in [5.41, 5.74) is -1.06. The Morgan fingerprint density at radius 3 is 2.60 bits per heavy atom. The molecule has 8 nitrogen and oxygen atoms in total. The first-order valence-electron chi connectivity index (χ1n) is 10.0. The van der Waals surface area contributed by atoms with Crippen LogP contribution in [0.25, 0.3) is 0 Å². The fourth-order valence-corrected chi connectivity index (χ4v) is 4.37. The molecule has 30 heavy (non-hydrogen) atoms. The number of esters is 1. The van der Waals surface area contributed by atoms with Gasteiger partial charge in [0.05, 0.1) is 44.5 Å². The van der Waals surface area contributed by atoms with Gasteiger partial charge in [-0.15, -0.1) is 0 Å². The van der Waals surface area contributed by atoms with Crippen molar-refractivity contribution in [2.75, 3.05) is 7.11 Å². The van der Waals surface area contributed by atoms with Crippen LogP contribution in [0.3, 0.4) is 0 Å². The van der Waals surface area contributed by atoms with E-state index in [0.29, 0.717) is 11.5 Å². The van der Waals surface area contributed by atoms with Crippen molar-refractivity contribution >= 4 is 17.8 Å². The summed E-state index contributed by atoms with van der Waals surface area (Å²) in [6, 6.07) is 3.45. The highest BCUT2D eigenvalue weighted by Crippen LogP contribution is 2.52. The van der Waals surface area contributed by atoms with E-state index in [1.165, 1.54) is 18.3 Å². The van der Waals surface area contributed by atoms with Crippen molar-refractivity contribution in [3.8, 4) is 0 Å². The lowest BCUT2D eigenvalue weighted by molar-refractivity contribution is -0.181. The van der Waals surface area contributed by atoms with E-state index >= 15 is 0 Å². The van der Waals surface area contributed by atoms with Crippen molar-refractivity contribution in [3.05, 3.63) is 35.9 Å². The summed E-state index contributed by atoms with van der Waals surface area (Å²) in [6.07, 6.45) is 2.00. The number of ether oxygens (including phenoxy) is 2. The fourth-order valence-electron chi connectivity index (χ4n) is 4.37. The number of carbonyl (C=O) groups excluding carboxylic acids is 2. The molecule has 0 bridgehead atoms. The van der Waals surface area contributed by atoms with Crippen LogP contribution in [0, 0.1) is 16.7 Å². The first-order chi connectivity index (χ1) is 14.0. The van der Waals surface area contributed by atoms with Crippen LogP contribution in [0.15, 0.2) is 34.6 Å². The lowest BCUT2D eigenvalue weighted by Gasteiger charge is -2.52. The van der Waals surface area contributed by atoms with Gasteiger partial charge in [-0.2, -0.15) is 0 Å². The minimum absolute atomic E-state index is 0.0172. The number of fused-ring (bicyclic) bond motifs is 1. The third kappa shape index (κ3) is 3.76. The number of hydrogen-bond acceptors (Lipinski definition) is 6. The average molecular weight is 419 g/mol. The van der Waals surface area contributed by atoms with Crippen LogP contribution in [0.4, 0.5) is 0 Å². The highest BCUT2D eigenvalue weighted by atomic mass is 16.5. The largest absolute Gasteiger partial charge is 0.481 e. The number of carbonyl (C=O) groups is 3. The van der Waals surface area contributed by atoms with Crippen molar-refractivity contribution in [2.45, 2.75) is 59.3 Å². The number of hydrogen-bond donors (Lipinski definition) is 1. The van der Waals surface area contributed by atoms with Gasteiger partial charge < -0.3 is 23.9 Å². The Kier molecular flexibility index (Phi) is 5.82. The maximum atomic E-state index is 13.3. The van der Waals surface area contributed by atoms with Gasteiger partial charge in [0, 0.05) is 5.70 Å². The lowest BCUT2D eigenvalue weighted by Crippen LogP contribution is -2.60. The third-order valence-electron chi connectivity index (χ3n) is 6.00. The molecule has 0 spiro atoms. The number of carboxylic acids is 1. The van der Waals surface area contributed by atoms with Gasteiger partial charge in [0.15, 0.2) is 0 Å². The number of amides is 1. The number of aliphatic carboxylic acids is 1. The SMILES string of the molecule is COC(=O)[C@@]12C[C@H](CC(=O)O)C(=O)N(Cc3ccco3)C1=C[C@@H](C(C)(C)C)O[C@H]2C. The first-order valence-corrected chi connectivity index (χ1v) is 10.0. The van der Waals surface area contributed by atoms with E-state index in [2.05, 4.69) is 0 Å². The standard InChI is InChI=1S/C22H29NO7/c1-13-22(20(27)28-5)11-14(9-18(24)25)19(26)23(12-15-7-6-8-29-15)16(22)10-17(30-13)21(2,3)4/h6-8,10,13-14,17H,9,11-12H2,1-5H3,(H,24,25)/t13-,14-,17-,22+/m0/s1. The van der Waals surface area contributed by atoms with Gasteiger partial charge in [-0.05, 0) is 37.0 Å². The second-order valence-electron chi connectivity index (χ2n) is 9.08. The van der Waals surface area contributed by atoms with E-state index < -0.39 is 29.4 Å². The van der Waals surface area contributed by atoms with Gasteiger partial charge in [0.25, 0.3) is 0 Å². The van der Waals surface area contributed by atoms with Crippen LogP contribution < -0.4 is 0 Å². The highest BCUT2D eigenvalue weighted by Gasteiger charge is 2.60. The molecule has 164 valence electrons. The van der Waals surface area contributed by atoms with Crippen LogP contribution in [-0.4, -0.2) is 47.2 Å². The summed E-state index contributed by atoms with van der Waals surface area (Å²) in [6.45, 7) is 7.92. The van der Waals surface area contributed by atoms with Gasteiger partial charge >= 0.3 is 11.9 Å². The maximum absolute atomic E-state index is 13.3. The molecule has 1 fully saturated rings. The average Bonchev–Trinajstić information content (AvgIpc) is 3.17. The molecule has 3 heterocycles. The monoisotopic (exact) mass is 419 g/mol. The van der Waals surface area contributed by atoms with Crippen molar-refractivity contribution in [2.24, 2.45) is 16.7 Å². The molecule has 8 heteroatoms. The van der Waals surface area contributed by atoms with Crippen molar-refractivity contribution in [3.63, 3.8) is 0 Å². The predicted molar refractivity (Wildman–Crippen MR) is 106 cm³/mol. The summed E-state index contributed by atoms with van der Waals surface area (Å²) in [5, 5.41) is 9.37. The van der Waals surface area contributed by atoms with Gasteiger partial charge in [-0.3, -0.25) is 14.4 Å². The number of furan rings is 1. The highest BCUT2D eigenvalue weighted by molar-refractivity contribution is 5.91. The zero-order chi connectivity index (χ0) is 22.3. The molecular weight excluding hydrogens is 390 g/mol. The number of likely N-dealkylation sites (tertiary alicyclic amines) is 1. The molecule has 4 atom stereocenters. The summed E-state index contributed by atoms with van der Waals surface area (Å²) < 4.78 is 16.8. The summed E-state index contributed by atoms with van der Waals surface area (Å²) >= 11 is 0. The van der Waals surface area contributed by atoms with Crippen LogP contribution in [0.1, 0.15) is 46.3 Å². The smallest absolute Gasteiger partial charge is 0.320 e. The second-order valence-corrected chi connectivity index (χ2v) is 9.08. The zero-order valence-electron chi connectivity index (χ0n) is 18.0. The van der Waals surface area contributed by atoms with Crippen molar-refractivity contribution < 1.29 is 33.4 Å². The Morgan fingerprint density at radius 2 is 2.07 bits per heavy atom. The Morgan fingerprint density at radius 1 is 1.37 bits per heavy atom. The molecule has 2 aliphatic heterocycles. The Bertz CT molecular complexity index is 851. The Labute approximate surface area is 175 Å². The number of methoxy groups -OCH3 is 1. The van der Waals surface area contributed by atoms with E-state index in [-0.39, 0.29) is 36.8 Å². The first kappa shape index (κ1) is 22.1. The third-order valence-corrected chi connectivity index (χ3v) is 6.00. The molecule has 1 saturated heterocycles. The van der Waals surface area contributed by atoms with Crippen LogP contribution in [-0.2, 0) is 30.4 Å². The Hall–Kier alpha value is -2.61. The number of piperidine rings is 1. The zero-order valence-corrected chi connectivity index (χ0v) is 18.0. The van der Waals surface area contributed by atoms with Crippen LogP contribution in [0.2, 0.25) is 0 Å². The van der Waals surface area contributed by atoms with E-state index in [9.17, 15) is 19.5 Å². The van der Waals surface area contributed by atoms with Crippen molar-refractivity contribution in [1.29, 1.82) is 0 Å². The summed E-state index contributed by atoms with van der Waals surface area (Å²) in [4.78, 5) is 39.4. The van der Waals surface area contributed by atoms with Crippen LogP contribution in [0.5, 0.6) is 0 Å². The number of nitrogens with zero attached hydrogens (tertiary/aromatic N) is 1. The molecule has 0 saturated carbocycles. The van der Waals surface area contributed by atoms with Gasteiger partial charge in [-0.25, -0.2) is 0 Å². The van der Waals surface area contributed by atoms with Crippen LogP contribution >= 0.6 is 0 Å². The summed E-state index contributed by atoms with van der Waals surface area (Å²) in [5.74, 6) is -2.34. The van der Waals surface area contributed by atoms with Gasteiger partial charge in [-0.1, -0.05) is 20.8 Å². The van der Waals surface area contributed by atoms with Gasteiger partial charge in [0.2, 0.25) is 5.91 Å². The lowest BCUT2D eigenvalue weighted by atomic mass is 9.65. The van der Waals surface area contributed by atoms with Gasteiger partial charge in [0.1, 0.15) is 11.2 Å². The van der Waals surface area contributed by atoms with E-state index in [0.717, 1.165) is 0 Å². The molecule has 1 N–H and O–H groups in total. The number of rotatable bonds is 5. The maximum Gasteiger partial charge on any atom is 0.320 e. The molecule has 0 aromatic carbocycles. The van der Waals surface area contributed by atoms with E-state index in [1.54, 1.807) is 19.1 Å². The van der Waals surface area contributed by atoms with E-state index in [1.807, 2.05) is 26.8 Å². The molecule has 1 amide bonds. The molecule has 1 aromatic heterocycles. The molecule has 0 radical (unpaired) electrons. The fraction of sp³-hybridized carbons (Fsp3) is 0.591. The minimum atomic E-state index is -1.28. The normalized spacial score (nSPS) is 29.2. The molecule has 1 aromatic rings. The molecular formula is C22H29NO7. The molecule has 0 aliphatic carbocycles. The minimum Gasteiger partial charge on any atom is -0.481 e. The molecule has 2 aliphatic rings. The predicted octanol–water partition coefficient (Wildman–Crippen LogP) is 2.98.